The first-order valence-electron chi connectivity index (χ1n) is 10.6. The van der Waals surface area contributed by atoms with E-state index >= 15 is 0 Å². The van der Waals surface area contributed by atoms with Gasteiger partial charge in [0.1, 0.15) is 11.5 Å². The molecule has 0 radical (unpaired) electrons. The average molecular weight is 531 g/mol. The molecular weight excluding hydrogens is 511 g/mol. The minimum Gasteiger partial charge on any atom is -0.457 e. The van der Waals surface area contributed by atoms with Gasteiger partial charge in [0, 0.05) is 43.3 Å². The summed E-state index contributed by atoms with van der Waals surface area (Å²) in [5, 5.41) is 4.59. The number of nitrogens with one attached hydrogen (secondary N) is 2. The third kappa shape index (κ3) is 6.96. The normalized spacial score (nSPS) is 10.8. The minimum atomic E-state index is -4.73. The van der Waals surface area contributed by atoms with Crippen LogP contribution in [0.15, 0.2) is 60.8 Å². The Bertz CT molecular complexity index is 1380. The lowest BCUT2D eigenvalue weighted by Gasteiger charge is -2.19. The Balaban J connectivity index is 1.72. The van der Waals surface area contributed by atoms with Gasteiger partial charge in [0.25, 0.3) is 5.91 Å². The number of carbonyl (C=O) groups is 4. The zero-order chi connectivity index (χ0) is 28.0. The van der Waals surface area contributed by atoms with Gasteiger partial charge in [-0.15, -0.1) is 0 Å². The van der Waals surface area contributed by atoms with E-state index in [9.17, 15) is 32.3 Å². The topological polar surface area (TPSA) is 153 Å². The number of aromatic nitrogens is 1. The number of amides is 4. The number of hydrogen-bond acceptors (Lipinski definition) is 7. The number of carbonyl (C=O) groups excluding carboxylic acids is 4. The molecule has 0 aliphatic heterocycles. The highest BCUT2D eigenvalue weighted by Crippen LogP contribution is 2.32. The van der Waals surface area contributed by atoms with Gasteiger partial charge in [-0.1, -0.05) is 0 Å². The lowest BCUT2D eigenvalue weighted by Crippen LogP contribution is -2.31. The van der Waals surface area contributed by atoms with Crippen LogP contribution >= 0.6 is 0 Å². The molecule has 0 saturated heterocycles. The van der Waals surface area contributed by atoms with Gasteiger partial charge < -0.3 is 25.8 Å². The Morgan fingerprint density at radius 3 is 2.26 bits per heavy atom. The molecule has 3 aromatic rings. The minimum absolute atomic E-state index is 0.187. The fraction of sp³-hybridized carbons (Fsp3) is 0.125. The molecule has 1 heterocycles. The van der Waals surface area contributed by atoms with Crippen molar-refractivity contribution in [3.63, 3.8) is 0 Å². The van der Waals surface area contributed by atoms with E-state index in [0.717, 1.165) is 17.0 Å². The fourth-order valence-electron chi connectivity index (χ4n) is 3.07. The summed E-state index contributed by atoms with van der Waals surface area (Å²) in [6.45, 7) is 0. The van der Waals surface area contributed by atoms with Crippen LogP contribution in [0.3, 0.4) is 0 Å². The van der Waals surface area contributed by atoms with E-state index in [4.69, 9.17) is 10.5 Å². The molecule has 0 saturated carbocycles. The Kier molecular flexibility index (Phi) is 8.15. The molecular formula is C24H20F3N5O6. The lowest BCUT2D eigenvalue weighted by atomic mass is 10.1. The maximum Gasteiger partial charge on any atom is 0.416 e. The number of urea groups is 1. The average Bonchev–Trinajstić information content (AvgIpc) is 2.87. The first kappa shape index (κ1) is 27.4. The SMILES string of the molecule is CNC(=O)c1cc(NC(=O)N(C)c2ccc(Oc3ccnc(C(=O)OC(N)=O)c3)cc2)cc(C(F)(F)F)c1. The van der Waals surface area contributed by atoms with Crippen molar-refractivity contribution in [2.75, 3.05) is 24.3 Å². The first-order chi connectivity index (χ1) is 17.9. The van der Waals surface area contributed by atoms with Crippen LogP contribution < -0.4 is 26.0 Å². The number of anilines is 2. The third-order valence-electron chi connectivity index (χ3n) is 4.90. The molecule has 0 fully saturated rings. The highest BCUT2D eigenvalue weighted by atomic mass is 19.4. The van der Waals surface area contributed by atoms with Gasteiger partial charge in [-0.3, -0.25) is 9.69 Å². The number of nitrogens with two attached hydrogens (primary N) is 1. The van der Waals surface area contributed by atoms with Gasteiger partial charge in [-0.25, -0.2) is 19.4 Å². The number of primary amides is 1. The van der Waals surface area contributed by atoms with Crippen LogP contribution in [0.25, 0.3) is 0 Å². The number of pyridine rings is 1. The maximum absolute atomic E-state index is 13.3. The van der Waals surface area contributed by atoms with Gasteiger partial charge in [-0.05, 0) is 48.5 Å². The van der Waals surface area contributed by atoms with Crippen LogP contribution in [0.5, 0.6) is 11.5 Å². The van der Waals surface area contributed by atoms with Gasteiger partial charge in [0.05, 0.1) is 5.56 Å². The van der Waals surface area contributed by atoms with Crippen molar-refractivity contribution in [3.8, 4) is 11.5 Å². The Morgan fingerprint density at radius 2 is 1.66 bits per heavy atom. The van der Waals surface area contributed by atoms with Gasteiger partial charge in [0.15, 0.2) is 5.69 Å². The van der Waals surface area contributed by atoms with Crippen molar-refractivity contribution in [3.05, 3.63) is 77.6 Å². The van der Waals surface area contributed by atoms with Crippen LogP contribution in [-0.2, 0) is 10.9 Å². The number of halogens is 3. The highest BCUT2D eigenvalue weighted by Gasteiger charge is 2.32. The van der Waals surface area contributed by atoms with E-state index < -0.39 is 35.7 Å². The molecule has 0 bridgehead atoms. The molecule has 0 spiro atoms. The summed E-state index contributed by atoms with van der Waals surface area (Å²) in [6, 6.07) is 10.4. The summed E-state index contributed by atoms with van der Waals surface area (Å²) < 4.78 is 49.7. The number of alkyl halides is 3. The fourth-order valence-corrected chi connectivity index (χ4v) is 3.07. The van der Waals surface area contributed by atoms with Crippen molar-refractivity contribution >= 4 is 35.4 Å². The lowest BCUT2D eigenvalue weighted by molar-refractivity contribution is -0.137. The third-order valence-corrected chi connectivity index (χ3v) is 4.90. The van der Waals surface area contributed by atoms with E-state index in [1.807, 2.05) is 0 Å². The van der Waals surface area contributed by atoms with E-state index in [-0.39, 0.29) is 22.7 Å². The predicted octanol–water partition coefficient (Wildman–Crippen LogP) is 4.16. The molecule has 0 atom stereocenters. The number of benzene rings is 2. The molecule has 4 amide bonds. The van der Waals surface area contributed by atoms with Crippen molar-refractivity contribution in [1.82, 2.24) is 10.3 Å². The molecule has 198 valence electrons. The Labute approximate surface area is 213 Å². The molecule has 0 aliphatic rings. The summed E-state index contributed by atoms with van der Waals surface area (Å²) in [5.41, 5.74) is 3.35. The van der Waals surface area contributed by atoms with Crippen LogP contribution in [0, 0.1) is 0 Å². The van der Waals surface area contributed by atoms with E-state index in [1.165, 1.54) is 56.7 Å². The summed E-state index contributed by atoms with van der Waals surface area (Å²) in [4.78, 5) is 52.0. The van der Waals surface area contributed by atoms with Crippen molar-refractivity contribution in [2.45, 2.75) is 6.18 Å². The zero-order valence-corrected chi connectivity index (χ0v) is 19.8. The molecule has 38 heavy (non-hydrogen) atoms. The monoisotopic (exact) mass is 531 g/mol. The molecule has 0 aliphatic carbocycles. The van der Waals surface area contributed by atoms with Crippen molar-refractivity contribution in [2.24, 2.45) is 5.73 Å². The first-order valence-corrected chi connectivity index (χ1v) is 10.6. The zero-order valence-electron chi connectivity index (χ0n) is 19.8. The number of rotatable bonds is 6. The number of hydrogen-bond donors (Lipinski definition) is 3. The van der Waals surface area contributed by atoms with Gasteiger partial charge in [-0.2, -0.15) is 13.2 Å². The molecule has 2 aromatic carbocycles. The van der Waals surface area contributed by atoms with E-state index in [0.29, 0.717) is 17.5 Å². The summed E-state index contributed by atoms with van der Waals surface area (Å²) in [5.74, 6) is -1.32. The quantitative estimate of drug-likeness (QED) is 0.319. The van der Waals surface area contributed by atoms with Crippen LogP contribution in [0.4, 0.5) is 34.1 Å². The molecule has 0 unspecified atom stereocenters. The number of esters is 1. The molecule has 11 nitrogen and oxygen atoms in total. The molecule has 4 N–H and O–H groups in total. The number of ether oxygens (including phenoxy) is 2. The second-order valence-corrected chi connectivity index (χ2v) is 7.55. The number of nitrogens with zero attached hydrogens (tertiary/aromatic N) is 2. The van der Waals surface area contributed by atoms with Crippen LogP contribution in [-0.4, -0.2) is 43.1 Å². The summed E-state index contributed by atoms with van der Waals surface area (Å²) in [7, 11) is 2.66. The van der Waals surface area contributed by atoms with Gasteiger partial charge >= 0.3 is 24.3 Å². The van der Waals surface area contributed by atoms with E-state index in [2.05, 4.69) is 20.4 Å². The van der Waals surface area contributed by atoms with Crippen molar-refractivity contribution < 1.29 is 41.8 Å². The predicted molar refractivity (Wildman–Crippen MR) is 128 cm³/mol. The van der Waals surface area contributed by atoms with Gasteiger partial charge in [0.2, 0.25) is 0 Å². The smallest absolute Gasteiger partial charge is 0.416 e. The summed E-state index contributed by atoms with van der Waals surface area (Å²) >= 11 is 0. The highest BCUT2D eigenvalue weighted by molar-refractivity contribution is 6.02. The second-order valence-electron chi connectivity index (χ2n) is 7.55. The largest absolute Gasteiger partial charge is 0.457 e. The molecule has 14 heteroatoms. The standard InChI is InChI=1S/C24H20F3N5O6/c1-29-20(33)13-9-14(24(25,26)27)11-15(10-13)31-23(36)32(2)16-3-5-17(6-4-16)37-18-7-8-30-19(12-18)21(34)38-22(28)35/h3-12H,1-2H3,(H2,28,35)(H,29,33)(H,31,36). The second kappa shape index (κ2) is 11.3. The van der Waals surface area contributed by atoms with Crippen molar-refractivity contribution in [1.29, 1.82) is 0 Å². The summed E-state index contributed by atoms with van der Waals surface area (Å²) in [6.07, 6.45) is -4.77. The Hall–Kier alpha value is -5.14. The maximum atomic E-state index is 13.3. The molecule has 3 rings (SSSR count). The Morgan fingerprint density at radius 1 is 0.974 bits per heavy atom. The van der Waals surface area contributed by atoms with E-state index in [1.54, 1.807) is 0 Å². The van der Waals surface area contributed by atoms with Crippen LogP contribution in [0.2, 0.25) is 0 Å². The van der Waals surface area contributed by atoms with Crippen LogP contribution in [0.1, 0.15) is 26.4 Å². The molecule has 1 aromatic heterocycles.